The molecule has 2 aromatic carbocycles. The van der Waals surface area contributed by atoms with E-state index in [4.69, 9.17) is 0 Å². The highest BCUT2D eigenvalue weighted by Gasteiger charge is 2.17. The molecule has 0 aliphatic carbocycles. The second-order valence-electron chi connectivity index (χ2n) is 3.85. The van der Waals surface area contributed by atoms with Crippen molar-refractivity contribution in [1.82, 2.24) is 0 Å². The molecule has 18 heavy (non-hydrogen) atoms. The number of sulfonamides is 1. The first-order valence-corrected chi connectivity index (χ1v) is 7.61. The van der Waals surface area contributed by atoms with Gasteiger partial charge in [0.25, 0.3) is 10.0 Å². The van der Waals surface area contributed by atoms with Crippen LogP contribution in [-0.2, 0) is 10.0 Å². The van der Waals surface area contributed by atoms with Gasteiger partial charge in [0.15, 0.2) is 0 Å². The maximum atomic E-state index is 12.2. The number of anilines is 1. The Bertz CT molecular complexity index is 668. The summed E-state index contributed by atoms with van der Waals surface area (Å²) in [5.41, 5.74) is 1.47. The van der Waals surface area contributed by atoms with E-state index in [0.29, 0.717) is 10.2 Å². The summed E-state index contributed by atoms with van der Waals surface area (Å²) in [5.74, 6) is 0. The van der Waals surface area contributed by atoms with Crippen LogP contribution in [0, 0.1) is 6.92 Å². The van der Waals surface area contributed by atoms with Crippen LogP contribution in [0.1, 0.15) is 5.56 Å². The van der Waals surface area contributed by atoms with Gasteiger partial charge in [-0.05, 0) is 46.6 Å². The molecule has 0 spiro atoms. The van der Waals surface area contributed by atoms with Crippen LogP contribution < -0.4 is 4.72 Å². The molecule has 0 aliphatic rings. The largest absolute Gasteiger partial charge is 0.279 e. The van der Waals surface area contributed by atoms with E-state index in [-0.39, 0.29) is 4.90 Å². The van der Waals surface area contributed by atoms with Crippen molar-refractivity contribution in [2.75, 3.05) is 4.72 Å². The van der Waals surface area contributed by atoms with Gasteiger partial charge in [0.1, 0.15) is 4.90 Å². The van der Waals surface area contributed by atoms with Crippen molar-refractivity contribution in [3.63, 3.8) is 0 Å². The minimum atomic E-state index is -3.56. The van der Waals surface area contributed by atoms with E-state index in [2.05, 4.69) is 20.7 Å². The van der Waals surface area contributed by atoms with Crippen molar-refractivity contribution in [3.8, 4) is 0 Å². The molecule has 0 aromatic heterocycles. The van der Waals surface area contributed by atoms with Crippen LogP contribution in [-0.4, -0.2) is 8.42 Å². The number of para-hydroxylation sites is 1. The van der Waals surface area contributed by atoms with Crippen LogP contribution in [0.25, 0.3) is 0 Å². The van der Waals surface area contributed by atoms with E-state index >= 15 is 0 Å². The van der Waals surface area contributed by atoms with Crippen LogP contribution in [0.5, 0.6) is 0 Å². The fraction of sp³-hybridized carbons (Fsp3) is 0.0769. The first-order valence-electron chi connectivity index (χ1n) is 5.34. The van der Waals surface area contributed by atoms with E-state index < -0.39 is 10.0 Å². The third-order valence-electron chi connectivity index (χ3n) is 2.52. The number of benzene rings is 2. The Morgan fingerprint density at radius 1 is 1.00 bits per heavy atom. The van der Waals surface area contributed by atoms with Gasteiger partial charge in [-0.25, -0.2) is 8.42 Å². The highest BCUT2D eigenvalue weighted by molar-refractivity contribution is 9.10. The molecule has 0 saturated carbocycles. The third kappa shape index (κ3) is 2.73. The van der Waals surface area contributed by atoms with Gasteiger partial charge in [-0.2, -0.15) is 0 Å². The molecule has 0 atom stereocenters. The fourth-order valence-corrected chi connectivity index (χ4v) is 3.68. The molecule has 0 aliphatic heterocycles. The van der Waals surface area contributed by atoms with Crippen LogP contribution in [0.2, 0.25) is 0 Å². The Morgan fingerprint density at radius 2 is 1.61 bits per heavy atom. The average Bonchev–Trinajstić information content (AvgIpc) is 2.32. The van der Waals surface area contributed by atoms with Gasteiger partial charge in [0.2, 0.25) is 0 Å². The summed E-state index contributed by atoms with van der Waals surface area (Å²) in [6, 6.07) is 14.0. The van der Waals surface area contributed by atoms with E-state index in [1.807, 2.05) is 19.1 Å². The molecular weight excluding hydrogens is 314 g/mol. The van der Waals surface area contributed by atoms with E-state index in [9.17, 15) is 8.42 Å². The lowest BCUT2D eigenvalue weighted by atomic mass is 10.2. The molecule has 0 amide bonds. The zero-order chi connectivity index (χ0) is 13.2. The monoisotopic (exact) mass is 325 g/mol. The van der Waals surface area contributed by atoms with Crippen molar-refractivity contribution in [3.05, 3.63) is 58.6 Å². The summed E-state index contributed by atoms with van der Waals surface area (Å²) in [4.78, 5) is 0.230. The lowest BCUT2D eigenvalue weighted by molar-refractivity contribution is 0.600. The number of halogens is 1. The van der Waals surface area contributed by atoms with Gasteiger partial charge < -0.3 is 0 Å². The first-order chi connectivity index (χ1) is 8.50. The molecule has 0 saturated heterocycles. The van der Waals surface area contributed by atoms with Crippen molar-refractivity contribution in [1.29, 1.82) is 0 Å². The van der Waals surface area contributed by atoms with Gasteiger partial charge >= 0.3 is 0 Å². The van der Waals surface area contributed by atoms with Crippen LogP contribution in [0.3, 0.4) is 0 Å². The topological polar surface area (TPSA) is 46.2 Å². The Labute approximate surface area is 115 Å². The summed E-state index contributed by atoms with van der Waals surface area (Å²) < 4.78 is 27.6. The van der Waals surface area contributed by atoms with Crippen LogP contribution in [0.15, 0.2) is 57.9 Å². The number of hydrogen-bond acceptors (Lipinski definition) is 2. The lowest BCUT2D eigenvalue weighted by Crippen LogP contribution is -2.14. The maximum absolute atomic E-state index is 12.2. The van der Waals surface area contributed by atoms with Crippen LogP contribution >= 0.6 is 15.9 Å². The van der Waals surface area contributed by atoms with Gasteiger partial charge in [0, 0.05) is 4.47 Å². The minimum Gasteiger partial charge on any atom is -0.279 e. The fourth-order valence-electron chi connectivity index (χ4n) is 1.55. The lowest BCUT2D eigenvalue weighted by Gasteiger charge is -2.11. The zero-order valence-corrected chi connectivity index (χ0v) is 12.1. The molecule has 0 fully saturated rings. The standard InChI is InChI=1S/C13H12BrNO2S/c1-10-6-2-4-8-12(10)15-18(16,17)13-9-5-3-7-11(13)14/h2-9,15H,1H3. The molecular formula is C13H12BrNO2S. The minimum absolute atomic E-state index is 0.230. The molecule has 2 aromatic rings. The smallest absolute Gasteiger partial charge is 0.263 e. The second kappa shape index (κ2) is 5.12. The first kappa shape index (κ1) is 13.1. The molecule has 3 nitrogen and oxygen atoms in total. The number of nitrogens with one attached hydrogen (secondary N) is 1. The SMILES string of the molecule is Cc1ccccc1NS(=O)(=O)c1ccccc1Br. The molecule has 0 unspecified atom stereocenters. The molecule has 94 valence electrons. The molecule has 1 N–H and O–H groups in total. The van der Waals surface area contributed by atoms with Crippen molar-refractivity contribution in [2.24, 2.45) is 0 Å². The predicted molar refractivity (Wildman–Crippen MR) is 76.1 cm³/mol. The highest BCUT2D eigenvalue weighted by Crippen LogP contribution is 2.24. The Kier molecular flexibility index (Phi) is 3.73. The molecule has 0 radical (unpaired) electrons. The summed E-state index contributed by atoms with van der Waals surface area (Å²) in [5, 5.41) is 0. The number of rotatable bonds is 3. The molecule has 5 heteroatoms. The third-order valence-corrected chi connectivity index (χ3v) is 4.89. The second-order valence-corrected chi connectivity index (χ2v) is 6.36. The zero-order valence-electron chi connectivity index (χ0n) is 9.72. The van der Waals surface area contributed by atoms with Gasteiger partial charge in [-0.3, -0.25) is 4.72 Å². The quantitative estimate of drug-likeness (QED) is 0.937. The predicted octanol–water partition coefficient (Wildman–Crippen LogP) is 3.56. The summed E-state index contributed by atoms with van der Waals surface area (Å²) in [7, 11) is -3.56. The molecule has 2 rings (SSSR count). The Balaban J connectivity index is 2.40. The van der Waals surface area contributed by atoms with Crippen molar-refractivity contribution in [2.45, 2.75) is 11.8 Å². The summed E-state index contributed by atoms with van der Waals surface area (Å²) in [6.07, 6.45) is 0. The van der Waals surface area contributed by atoms with E-state index in [0.717, 1.165) is 5.56 Å². The van der Waals surface area contributed by atoms with Crippen molar-refractivity contribution < 1.29 is 8.42 Å². The number of hydrogen-bond donors (Lipinski definition) is 1. The van der Waals surface area contributed by atoms with Crippen molar-refractivity contribution >= 4 is 31.6 Å². The van der Waals surface area contributed by atoms with Gasteiger partial charge in [-0.1, -0.05) is 30.3 Å². The highest BCUT2D eigenvalue weighted by atomic mass is 79.9. The Hall–Kier alpha value is -1.33. The summed E-state index contributed by atoms with van der Waals surface area (Å²) >= 11 is 3.24. The normalized spacial score (nSPS) is 11.2. The average molecular weight is 326 g/mol. The maximum Gasteiger partial charge on any atom is 0.263 e. The number of aryl methyl sites for hydroxylation is 1. The Morgan fingerprint density at radius 3 is 2.28 bits per heavy atom. The summed E-state index contributed by atoms with van der Waals surface area (Å²) in [6.45, 7) is 1.86. The van der Waals surface area contributed by atoms with Crippen LogP contribution in [0.4, 0.5) is 5.69 Å². The van der Waals surface area contributed by atoms with Gasteiger partial charge in [-0.15, -0.1) is 0 Å². The van der Waals surface area contributed by atoms with E-state index in [1.165, 1.54) is 0 Å². The van der Waals surface area contributed by atoms with E-state index in [1.54, 1.807) is 36.4 Å². The molecule has 0 heterocycles. The van der Waals surface area contributed by atoms with Gasteiger partial charge in [0.05, 0.1) is 5.69 Å². The molecule has 0 bridgehead atoms.